The van der Waals surface area contributed by atoms with E-state index < -0.39 is 30.7 Å². The summed E-state index contributed by atoms with van der Waals surface area (Å²) >= 11 is 0. The maximum Gasteiger partial charge on any atom is 0.406 e. The zero-order valence-corrected chi connectivity index (χ0v) is 19.7. The Balaban J connectivity index is 1.77. The zero-order valence-electron chi connectivity index (χ0n) is 19.7. The first kappa shape index (κ1) is 26.9. The molecule has 0 bridgehead atoms. The van der Waals surface area contributed by atoms with Gasteiger partial charge in [0.05, 0.1) is 41.3 Å². The van der Waals surface area contributed by atoms with Crippen molar-refractivity contribution in [2.75, 3.05) is 11.9 Å². The number of rotatable bonds is 7. The molecule has 0 saturated carbocycles. The summed E-state index contributed by atoms with van der Waals surface area (Å²) in [6.45, 7) is 2.40. The summed E-state index contributed by atoms with van der Waals surface area (Å²) < 4.78 is 78.0. The van der Waals surface area contributed by atoms with Crippen molar-refractivity contribution >= 4 is 16.6 Å². The van der Waals surface area contributed by atoms with Gasteiger partial charge in [0, 0.05) is 17.3 Å². The lowest BCUT2D eigenvalue weighted by Crippen LogP contribution is -2.18. The summed E-state index contributed by atoms with van der Waals surface area (Å²) in [5.41, 5.74) is 1.59. The molecule has 1 N–H and O–H groups in total. The molecule has 0 spiro atoms. The molecular formula is C26H24F6N4. The lowest BCUT2D eigenvalue weighted by Gasteiger charge is -2.14. The van der Waals surface area contributed by atoms with Crippen LogP contribution in [-0.2, 0) is 18.4 Å². The standard InChI is InChI=1S/C26H24F6N4/c1-24(2,16-33)23-10-8-20(15-35-23)34-12-4-6-21-14-19-13-18(5-3-11-25(27,28)29)7-9-22(19)36(21)17-26(30,31)32/h7-10,13-15,34H,3,5,11-12,17H2,1-2H3. The van der Waals surface area contributed by atoms with Crippen LogP contribution >= 0.6 is 0 Å². The highest BCUT2D eigenvalue weighted by Gasteiger charge is 2.30. The minimum absolute atomic E-state index is 0.0968. The van der Waals surface area contributed by atoms with E-state index in [2.05, 4.69) is 28.2 Å². The van der Waals surface area contributed by atoms with E-state index in [1.807, 2.05) is 0 Å². The summed E-state index contributed by atoms with van der Waals surface area (Å²) in [5, 5.41) is 12.7. The highest BCUT2D eigenvalue weighted by Crippen LogP contribution is 2.28. The number of aromatic nitrogens is 2. The minimum atomic E-state index is -4.48. The van der Waals surface area contributed by atoms with E-state index in [0.29, 0.717) is 27.8 Å². The van der Waals surface area contributed by atoms with Crippen molar-refractivity contribution in [1.29, 1.82) is 5.26 Å². The Kier molecular flexibility index (Phi) is 7.88. The number of benzene rings is 1. The molecule has 36 heavy (non-hydrogen) atoms. The highest BCUT2D eigenvalue weighted by atomic mass is 19.4. The lowest BCUT2D eigenvalue weighted by molar-refractivity contribution is -0.140. The van der Waals surface area contributed by atoms with E-state index in [0.717, 1.165) is 4.57 Å². The number of hydrogen-bond acceptors (Lipinski definition) is 3. The lowest BCUT2D eigenvalue weighted by atomic mass is 9.91. The molecule has 0 atom stereocenters. The van der Waals surface area contributed by atoms with E-state index >= 15 is 0 Å². The van der Waals surface area contributed by atoms with Gasteiger partial charge in [0.2, 0.25) is 0 Å². The molecule has 0 unspecified atom stereocenters. The molecule has 4 nitrogen and oxygen atoms in total. The van der Waals surface area contributed by atoms with Crippen molar-refractivity contribution in [3.05, 3.63) is 59.5 Å². The monoisotopic (exact) mass is 506 g/mol. The third kappa shape index (κ3) is 7.42. The number of aryl methyl sites for hydroxylation is 1. The number of nitriles is 1. The van der Waals surface area contributed by atoms with E-state index in [4.69, 9.17) is 0 Å². The fourth-order valence-electron chi connectivity index (χ4n) is 3.63. The van der Waals surface area contributed by atoms with E-state index in [1.165, 1.54) is 12.1 Å². The Morgan fingerprint density at radius 3 is 2.36 bits per heavy atom. The normalized spacial score (nSPS) is 12.2. The number of alkyl halides is 6. The molecule has 1 aromatic carbocycles. The summed E-state index contributed by atoms with van der Waals surface area (Å²) in [6.07, 6.45) is -8.02. The average molecular weight is 506 g/mol. The summed E-state index contributed by atoms with van der Waals surface area (Å²) in [4.78, 5) is 4.26. The first-order chi connectivity index (χ1) is 16.8. The van der Waals surface area contributed by atoms with Crippen LogP contribution in [-0.4, -0.2) is 28.4 Å². The molecule has 190 valence electrons. The van der Waals surface area contributed by atoms with Crippen LogP contribution in [0.2, 0.25) is 0 Å². The third-order valence-corrected chi connectivity index (χ3v) is 5.51. The number of nitrogens with one attached hydrogen (secondary N) is 1. The van der Waals surface area contributed by atoms with Crippen molar-refractivity contribution in [2.45, 2.75) is 57.4 Å². The van der Waals surface area contributed by atoms with Crippen LogP contribution in [0.5, 0.6) is 0 Å². The van der Waals surface area contributed by atoms with Gasteiger partial charge in [-0.05, 0) is 68.5 Å². The molecule has 0 aliphatic heterocycles. The molecular weight excluding hydrogens is 482 g/mol. The van der Waals surface area contributed by atoms with Crippen LogP contribution in [0, 0.1) is 23.2 Å². The Bertz CT molecular complexity index is 1300. The number of anilines is 1. The molecule has 0 radical (unpaired) electrons. The van der Waals surface area contributed by atoms with Gasteiger partial charge in [-0.15, -0.1) is 0 Å². The zero-order chi connectivity index (χ0) is 26.6. The molecule has 10 heteroatoms. The van der Waals surface area contributed by atoms with Crippen LogP contribution in [0.15, 0.2) is 42.6 Å². The first-order valence-electron chi connectivity index (χ1n) is 11.1. The Morgan fingerprint density at radius 2 is 1.75 bits per heavy atom. The van der Waals surface area contributed by atoms with Gasteiger partial charge >= 0.3 is 12.4 Å². The van der Waals surface area contributed by atoms with Crippen molar-refractivity contribution in [1.82, 2.24) is 9.55 Å². The fraction of sp³-hybridized carbons (Fsp3) is 0.385. The van der Waals surface area contributed by atoms with Crippen molar-refractivity contribution in [3.8, 4) is 17.9 Å². The van der Waals surface area contributed by atoms with Crippen molar-refractivity contribution < 1.29 is 26.3 Å². The van der Waals surface area contributed by atoms with Crippen LogP contribution in [0.1, 0.15) is 43.6 Å². The van der Waals surface area contributed by atoms with Gasteiger partial charge < -0.3 is 9.88 Å². The van der Waals surface area contributed by atoms with E-state index in [-0.39, 0.29) is 25.1 Å². The quantitative estimate of drug-likeness (QED) is 0.285. The molecule has 0 saturated heterocycles. The van der Waals surface area contributed by atoms with Gasteiger partial charge in [-0.25, -0.2) is 0 Å². The van der Waals surface area contributed by atoms with E-state index in [1.54, 1.807) is 44.3 Å². The number of pyridine rings is 1. The van der Waals surface area contributed by atoms with Gasteiger partial charge in [-0.1, -0.05) is 12.0 Å². The van der Waals surface area contributed by atoms with Gasteiger partial charge in [-0.2, -0.15) is 31.6 Å². The maximum atomic E-state index is 13.2. The number of halogens is 6. The molecule has 3 aromatic rings. The van der Waals surface area contributed by atoms with Crippen LogP contribution < -0.4 is 5.32 Å². The molecule has 0 amide bonds. The summed E-state index contributed by atoms with van der Waals surface area (Å²) in [6, 6.07) is 11.8. The van der Waals surface area contributed by atoms with Gasteiger partial charge in [0.15, 0.2) is 0 Å². The second kappa shape index (κ2) is 10.5. The smallest absolute Gasteiger partial charge is 0.373 e. The number of fused-ring (bicyclic) bond motifs is 1. The molecule has 0 aliphatic carbocycles. The SMILES string of the molecule is CC(C)(C#N)c1ccc(NCC#Cc2cc3cc(CCCC(F)(F)F)ccc3n2CC(F)(F)F)cn1. The second-order valence-corrected chi connectivity index (χ2v) is 8.92. The predicted octanol–water partition coefficient (Wildman–Crippen LogP) is 6.75. The number of nitrogens with zero attached hydrogens (tertiary/aromatic N) is 3. The Morgan fingerprint density at radius 1 is 1.00 bits per heavy atom. The molecule has 2 heterocycles. The summed E-state index contributed by atoms with van der Waals surface area (Å²) in [5.74, 6) is 5.57. The minimum Gasteiger partial charge on any atom is -0.373 e. The maximum absolute atomic E-state index is 13.2. The largest absolute Gasteiger partial charge is 0.406 e. The molecule has 2 aromatic heterocycles. The molecule has 0 aliphatic rings. The van der Waals surface area contributed by atoms with Gasteiger partial charge in [0.25, 0.3) is 0 Å². The Hall–Kier alpha value is -3.66. The first-order valence-corrected chi connectivity index (χ1v) is 11.1. The average Bonchev–Trinajstić information content (AvgIpc) is 3.11. The second-order valence-electron chi connectivity index (χ2n) is 8.92. The van der Waals surface area contributed by atoms with Gasteiger partial charge in [0.1, 0.15) is 6.54 Å². The van der Waals surface area contributed by atoms with E-state index in [9.17, 15) is 31.6 Å². The fourth-order valence-corrected chi connectivity index (χ4v) is 3.63. The predicted molar refractivity (Wildman–Crippen MR) is 125 cm³/mol. The molecule has 3 rings (SSSR count). The number of hydrogen-bond donors (Lipinski definition) is 1. The van der Waals surface area contributed by atoms with Crippen LogP contribution in [0.3, 0.4) is 0 Å². The third-order valence-electron chi connectivity index (χ3n) is 5.51. The van der Waals surface area contributed by atoms with Crippen LogP contribution in [0.4, 0.5) is 32.0 Å². The molecule has 0 fully saturated rings. The van der Waals surface area contributed by atoms with Crippen molar-refractivity contribution in [3.63, 3.8) is 0 Å². The van der Waals surface area contributed by atoms with Crippen LogP contribution in [0.25, 0.3) is 10.9 Å². The van der Waals surface area contributed by atoms with Crippen molar-refractivity contribution in [2.24, 2.45) is 0 Å². The van der Waals surface area contributed by atoms with Gasteiger partial charge in [-0.3, -0.25) is 4.98 Å². The Labute approximate surface area is 204 Å². The topological polar surface area (TPSA) is 53.6 Å². The highest BCUT2D eigenvalue weighted by molar-refractivity contribution is 5.83. The summed E-state index contributed by atoms with van der Waals surface area (Å²) in [7, 11) is 0.